The monoisotopic (exact) mass is 408 g/mol. The molecule has 1 amide bonds. The molecule has 0 radical (unpaired) electrons. The highest BCUT2D eigenvalue weighted by Gasteiger charge is 2.21. The van der Waals surface area contributed by atoms with Crippen molar-refractivity contribution in [2.75, 3.05) is 33.3 Å². The Morgan fingerprint density at radius 1 is 1.11 bits per heavy atom. The molecule has 0 unspecified atom stereocenters. The molecule has 0 atom stereocenters. The average Bonchev–Trinajstić information content (AvgIpc) is 2.69. The fraction of sp³-hybridized carbons (Fsp3) is 0.381. The molecule has 1 aliphatic rings. The molecule has 0 spiro atoms. The van der Waals surface area contributed by atoms with Crippen molar-refractivity contribution in [3.63, 3.8) is 0 Å². The van der Waals surface area contributed by atoms with Crippen LogP contribution in [0.25, 0.3) is 0 Å². The van der Waals surface area contributed by atoms with Gasteiger partial charge in [0.05, 0.1) is 7.11 Å². The van der Waals surface area contributed by atoms with Crippen LogP contribution in [0.5, 0.6) is 5.75 Å². The van der Waals surface area contributed by atoms with Gasteiger partial charge < -0.3 is 9.64 Å². The molecule has 150 valence electrons. The zero-order chi connectivity index (χ0) is 20.1. The summed E-state index contributed by atoms with van der Waals surface area (Å²) < 4.78 is 31.8. The van der Waals surface area contributed by atoms with Gasteiger partial charge in [0.25, 0.3) is 0 Å². The number of carbonyl (C=O) groups excluding carboxylic acids is 1. The predicted octanol–water partition coefficient (Wildman–Crippen LogP) is 3.90. The van der Waals surface area contributed by atoms with Crippen LogP contribution >= 0.6 is 11.6 Å². The van der Waals surface area contributed by atoms with Crippen molar-refractivity contribution < 1.29 is 18.3 Å². The number of halogens is 3. The first-order valence-electron chi connectivity index (χ1n) is 9.22. The molecule has 0 bridgehead atoms. The van der Waals surface area contributed by atoms with Crippen molar-refractivity contribution in [3.8, 4) is 5.75 Å². The van der Waals surface area contributed by atoms with E-state index in [-0.39, 0.29) is 17.5 Å². The van der Waals surface area contributed by atoms with E-state index in [1.54, 1.807) is 18.2 Å². The lowest BCUT2D eigenvalue weighted by molar-refractivity contribution is -0.133. The van der Waals surface area contributed by atoms with E-state index >= 15 is 0 Å². The number of piperazine rings is 1. The van der Waals surface area contributed by atoms with Gasteiger partial charge in [-0.05, 0) is 41.8 Å². The van der Waals surface area contributed by atoms with Crippen LogP contribution < -0.4 is 4.74 Å². The third-order valence-electron chi connectivity index (χ3n) is 4.98. The largest absolute Gasteiger partial charge is 0.494 e. The molecule has 3 rings (SSSR count). The molecule has 7 heteroatoms. The number of amides is 1. The highest BCUT2D eigenvalue weighted by molar-refractivity contribution is 6.31. The van der Waals surface area contributed by atoms with E-state index in [1.165, 1.54) is 25.3 Å². The van der Waals surface area contributed by atoms with Crippen LogP contribution in [0.1, 0.15) is 17.5 Å². The van der Waals surface area contributed by atoms with Crippen molar-refractivity contribution in [2.45, 2.75) is 19.4 Å². The number of methoxy groups -OCH3 is 1. The zero-order valence-electron chi connectivity index (χ0n) is 15.8. The van der Waals surface area contributed by atoms with E-state index < -0.39 is 5.82 Å². The summed E-state index contributed by atoms with van der Waals surface area (Å²) in [5, 5.41) is 0.422. The van der Waals surface area contributed by atoms with Gasteiger partial charge in [-0.25, -0.2) is 8.78 Å². The number of nitrogens with zero attached hydrogens (tertiary/aromatic N) is 2. The zero-order valence-corrected chi connectivity index (χ0v) is 16.5. The van der Waals surface area contributed by atoms with Crippen molar-refractivity contribution in [2.24, 2.45) is 0 Å². The maximum Gasteiger partial charge on any atom is 0.222 e. The minimum absolute atomic E-state index is 0.0655. The third-order valence-corrected chi connectivity index (χ3v) is 5.33. The minimum Gasteiger partial charge on any atom is -0.494 e. The van der Waals surface area contributed by atoms with Gasteiger partial charge in [-0.3, -0.25) is 9.69 Å². The van der Waals surface area contributed by atoms with Gasteiger partial charge in [0.2, 0.25) is 5.91 Å². The predicted molar refractivity (Wildman–Crippen MR) is 105 cm³/mol. The fourth-order valence-electron chi connectivity index (χ4n) is 3.32. The Morgan fingerprint density at radius 2 is 1.86 bits per heavy atom. The topological polar surface area (TPSA) is 32.8 Å². The van der Waals surface area contributed by atoms with Crippen LogP contribution in [0.3, 0.4) is 0 Å². The van der Waals surface area contributed by atoms with Crippen molar-refractivity contribution in [1.82, 2.24) is 9.80 Å². The van der Waals surface area contributed by atoms with Crippen LogP contribution in [-0.2, 0) is 17.8 Å². The summed E-state index contributed by atoms with van der Waals surface area (Å²) >= 11 is 6.09. The lowest BCUT2D eigenvalue weighted by Gasteiger charge is -2.35. The summed E-state index contributed by atoms with van der Waals surface area (Å²) in [6.45, 7) is 3.36. The Labute approximate surface area is 168 Å². The molecule has 1 saturated heterocycles. The van der Waals surface area contributed by atoms with Crippen LogP contribution in [0.4, 0.5) is 8.78 Å². The SMILES string of the molecule is COc1ccc(CCC(=O)N2CCN(Cc3ccc(F)cc3Cl)CC2)cc1F. The molecular weight excluding hydrogens is 386 g/mol. The lowest BCUT2D eigenvalue weighted by Crippen LogP contribution is -2.48. The number of rotatable bonds is 6. The molecule has 2 aromatic carbocycles. The molecule has 0 aromatic heterocycles. The van der Waals surface area contributed by atoms with Crippen molar-refractivity contribution in [1.29, 1.82) is 0 Å². The van der Waals surface area contributed by atoms with Gasteiger partial charge in [-0.1, -0.05) is 23.7 Å². The maximum atomic E-state index is 13.7. The van der Waals surface area contributed by atoms with Crippen molar-refractivity contribution >= 4 is 17.5 Å². The third kappa shape index (κ3) is 5.20. The number of hydrogen-bond donors (Lipinski definition) is 0. The Hall–Kier alpha value is -2.18. The molecule has 1 aliphatic heterocycles. The van der Waals surface area contributed by atoms with Gasteiger partial charge in [-0.15, -0.1) is 0 Å². The summed E-state index contributed by atoms with van der Waals surface area (Å²) in [5.74, 6) is -0.496. The Bertz CT molecular complexity index is 839. The maximum absolute atomic E-state index is 13.7. The molecule has 0 N–H and O–H groups in total. The quantitative estimate of drug-likeness (QED) is 0.726. The second-order valence-electron chi connectivity index (χ2n) is 6.86. The van der Waals surface area contributed by atoms with Crippen molar-refractivity contribution in [3.05, 3.63) is 64.2 Å². The van der Waals surface area contributed by atoms with E-state index in [2.05, 4.69) is 4.90 Å². The second-order valence-corrected chi connectivity index (χ2v) is 7.27. The van der Waals surface area contributed by atoms with E-state index in [4.69, 9.17) is 16.3 Å². The van der Waals surface area contributed by atoms with E-state index in [1.807, 2.05) is 4.90 Å². The normalized spacial score (nSPS) is 14.9. The molecule has 28 heavy (non-hydrogen) atoms. The van der Waals surface area contributed by atoms with E-state index in [0.717, 1.165) is 24.2 Å². The smallest absolute Gasteiger partial charge is 0.222 e. The number of benzene rings is 2. The highest BCUT2D eigenvalue weighted by atomic mass is 35.5. The molecule has 1 fully saturated rings. The number of hydrogen-bond acceptors (Lipinski definition) is 3. The number of aryl methyl sites for hydroxylation is 1. The van der Waals surface area contributed by atoms with Gasteiger partial charge >= 0.3 is 0 Å². The molecule has 2 aromatic rings. The molecule has 1 heterocycles. The lowest BCUT2D eigenvalue weighted by atomic mass is 10.1. The summed E-state index contributed by atoms with van der Waals surface area (Å²) in [7, 11) is 1.42. The Balaban J connectivity index is 1.46. The average molecular weight is 409 g/mol. The number of carbonyl (C=O) groups is 1. The number of ether oxygens (including phenoxy) is 1. The van der Waals surface area contributed by atoms with Gasteiger partial charge in [0.1, 0.15) is 5.82 Å². The first-order valence-corrected chi connectivity index (χ1v) is 9.60. The first-order chi connectivity index (χ1) is 13.5. The summed E-state index contributed by atoms with van der Waals surface area (Å²) in [6.07, 6.45) is 0.834. The molecule has 0 saturated carbocycles. The summed E-state index contributed by atoms with van der Waals surface area (Å²) in [6, 6.07) is 9.19. The second kappa shape index (κ2) is 9.34. The minimum atomic E-state index is -0.416. The highest BCUT2D eigenvalue weighted by Crippen LogP contribution is 2.21. The standard InChI is InChI=1S/C21H23ClF2N2O2/c1-28-20-6-2-15(12-19(20)24)3-7-21(27)26-10-8-25(9-11-26)14-16-4-5-17(23)13-18(16)22/h2,4-6,12-13H,3,7-11,14H2,1H3. The molecule has 0 aliphatic carbocycles. The molecular formula is C21H23ClF2N2O2. The van der Waals surface area contributed by atoms with Crippen LogP contribution in [0.15, 0.2) is 36.4 Å². The van der Waals surface area contributed by atoms with Gasteiger partial charge in [0.15, 0.2) is 11.6 Å². The Morgan fingerprint density at radius 3 is 2.50 bits per heavy atom. The van der Waals surface area contributed by atoms with Gasteiger partial charge in [0, 0.05) is 44.2 Å². The first kappa shape index (κ1) is 20.6. The summed E-state index contributed by atoms with van der Waals surface area (Å²) in [5.41, 5.74) is 1.65. The Kier molecular flexibility index (Phi) is 6.86. The van der Waals surface area contributed by atoms with E-state index in [0.29, 0.717) is 37.5 Å². The van der Waals surface area contributed by atoms with Gasteiger partial charge in [-0.2, -0.15) is 0 Å². The van der Waals surface area contributed by atoms with Crippen LogP contribution in [-0.4, -0.2) is 49.0 Å². The van der Waals surface area contributed by atoms with Crippen LogP contribution in [0.2, 0.25) is 5.02 Å². The van der Waals surface area contributed by atoms with E-state index in [9.17, 15) is 13.6 Å². The fourth-order valence-corrected chi connectivity index (χ4v) is 3.55. The van der Waals surface area contributed by atoms with Crippen LogP contribution in [0, 0.1) is 11.6 Å². The summed E-state index contributed by atoms with van der Waals surface area (Å²) in [4.78, 5) is 16.5. The molecule has 4 nitrogen and oxygen atoms in total.